The summed E-state index contributed by atoms with van der Waals surface area (Å²) in [4.78, 5) is 49.0. The Morgan fingerprint density at radius 3 is 2.45 bits per heavy atom. The average molecular weight is 526 g/mol. The second kappa shape index (κ2) is 13.0. The quantitative estimate of drug-likeness (QED) is 0.314. The van der Waals surface area contributed by atoms with Gasteiger partial charge in [-0.3, -0.25) is 14.5 Å². The lowest BCUT2D eigenvalue weighted by Gasteiger charge is -2.36. The molecular formula is C25H27N5O8. The Morgan fingerprint density at radius 2 is 1.79 bits per heavy atom. The first-order valence-corrected chi connectivity index (χ1v) is 11.6. The molecule has 0 unspecified atom stereocenters. The van der Waals surface area contributed by atoms with Crippen molar-refractivity contribution in [2.45, 2.75) is 12.8 Å². The highest BCUT2D eigenvalue weighted by atomic mass is 16.5. The number of amides is 2. The van der Waals surface area contributed by atoms with Gasteiger partial charge in [-0.1, -0.05) is 29.4 Å². The molecule has 3 aromatic rings. The zero-order valence-corrected chi connectivity index (χ0v) is 20.7. The van der Waals surface area contributed by atoms with E-state index >= 15 is 0 Å². The summed E-state index contributed by atoms with van der Waals surface area (Å²) in [5.74, 6) is -2.23. The number of para-hydroxylation sites is 2. The van der Waals surface area contributed by atoms with Crippen LogP contribution >= 0.6 is 0 Å². The van der Waals surface area contributed by atoms with Gasteiger partial charge in [0.25, 0.3) is 5.91 Å². The standard InChI is InChI=1S/C23H25N5O4.C2H2O4/c1-3-31-19-10-5-4-9-18(19)25-20(29)14-28-12-17(13-28)23-26-21(27-32-23)15-7-6-8-16(11-15)22(30)24-2;3-1(4)2(5)6/h4-11,17H,3,12-14H2,1-2H3,(H,24,30)(H,25,29);(H,3,4)(H,5,6). The van der Waals surface area contributed by atoms with E-state index in [1.807, 2.05) is 42.2 Å². The number of nitrogens with zero attached hydrogens (tertiary/aromatic N) is 3. The molecule has 1 aromatic heterocycles. The van der Waals surface area contributed by atoms with Crippen LogP contribution in [0.4, 0.5) is 5.69 Å². The fourth-order valence-corrected chi connectivity index (χ4v) is 3.56. The smallest absolute Gasteiger partial charge is 0.414 e. The second-order valence-corrected chi connectivity index (χ2v) is 8.09. The topological polar surface area (TPSA) is 184 Å². The van der Waals surface area contributed by atoms with Crippen molar-refractivity contribution < 1.29 is 38.7 Å². The van der Waals surface area contributed by atoms with Gasteiger partial charge >= 0.3 is 11.9 Å². The molecule has 0 atom stereocenters. The number of likely N-dealkylation sites (tertiary alicyclic amines) is 1. The van der Waals surface area contributed by atoms with E-state index in [0.29, 0.717) is 54.0 Å². The first-order valence-electron chi connectivity index (χ1n) is 11.6. The van der Waals surface area contributed by atoms with E-state index in [1.165, 1.54) is 0 Å². The molecule has 0 radical (unpaired) electrons. The number of aliphatic carboxylic acids is 2. The van der Waals surface area contributed by atoms with E-state index in [4.69, 9.17) is 29.1 Å². The van der Waals surface area contributed by atoms with Gasteiger partial charge < -0.3 is 30.1 Å². The van der Waals surface area contributed by atoms with Gasteiger partial charge in [-0.2, -0.15) is 4.98 Å². The van der Waals surface area contributed by atoms with Crippen LogP contribution in [0, 0.1) is 0 Å². The van der Waals surface area contributed by atoms with E-state index in [2.05, 4.69) is 20.8 Å². The number of hydrogen-bond donors (Lipinski definition) is 4. The summed E-state index contributed by atoms with van der Waals surface area (Å²) in [7, 11) is 1.59. The van der Waals surface area contributed by atoms with Gasteiger partial charge in [-0.25, -0.2) is 9.59 Å². The van der Waals surface area contributed by atoms with Crippen LogP contribution < -0.4 is 15.4 Å². The molecular weight excluding hydrogens is 498 g/mol. The number of ether oxygens (including phenoxy) is 1. The van der Waals surface area contributed by atoms with E-state index in [0.717, 1.165) is 0 Å². The Labute approximate surface area is 217 Å². The molecule has 1 aliphatic rings. The second-order valence-electron chi connectivity index (χ2n) is 8.09. The SMILES string of the molecule is CCOc1ccccc1NC(=O)CN1CC(c2nc(-c3cccc(C(=O)NC)c3)no2)C1.O=C(O)C(=O)O. The molecule has 200 valence electrons. The summed E-state index contributed by atoms with van der Waals surface area (Å²) >= 11 is 0. The molecule has 0 saturated carbocycles. The molecule has 4 N–H and O–H groups in total. The molecule has 2 amide bonds. The average Bonchev–Trinajstić information content (AvgIpc) is 3.37. The maximum atomic E-state index is 12.4. The molecule has 4 rings (SSSR count). The van der Waals surface area contributed by atoms with Crippen LogP contribution in [0.5, 0.6) is 5.75 Å². The van der Waals surface area contributed by atoms with Crippen molar-refractivity contribution in [1.82, 2.24) is 20.4 Å². The highest BCUT2D eigenvalue weighted by molar-refractivity contribution is 6.27. The van der Waals surface area contributed by atoms with Crippen LogP contribution in [0.2, 0.25) is 0 Å². The minimum Gasteiger partial charge on any atom is -0.492 e. The third-order valence-electron chi connectivity index (χ3n) is 5.37. The molecule has 13 heteroatoms. The largest absolute Gasteiger partial charge is 0.492 e. The van der Waals surface area contributed by atoms with Gasteiger partial charge in [0.05, 0.1) is 24.8 Å². The van der Waals surface area contributed by atoms with Crippen molar-refractivity contribution in [3.63, 3.8) is 0 Å². The first kappa shape index (κ1) is 27.8. The Kier molecular flexibility index (Phi) is 9.48. The Balaban J connectivity index is 0.000000599. The summed E-state index contributed by atoms with van der Waals surface area (Å²) in [5, 5.41) is 24.3. The Hall–Kier alpha value is -4.78. The van der Waals surface area contributed by atoms with Crippen LogP contribution in [-0.4, -0.2) is 82.3 Å². The molecule has 2 heterocycles. The third-order valence-corrected chi connectivity index (χ3v) is 5.37. The first-order chi connectivity index (χ1) is 18.2. The number of carboxylic acid groups (broad SMARTS) is 2. The van der Waals surface area contributed by atoms with Crippen LogP contribution in [0.3, 0.4) is 0 Å². The summed E-state index contributed by atoms with van der Waals surface area (Å²) in [5.41, 5.74) is 1.91. The van der Waals surface area contributed by atoms with Crippen LogP contribution in [-0.2, 0) is 14.4 Å². The van der Waals surface area contributed by atoms with Crippen molar-refractivity contribution in [3.05, 3.63) is 60.0 Å². The van der Waals surface area contributed by atoms with Crippen molar-refractivity contribution in [1.29, 1.82) is 0 Å². The highest BCUT2D eigenvalue weighted by Gasteiger charge is 2.33. The van der Waals surface area contributed by atoms with Crippen LogP contribution in [0.15, 0.2) is 53.1 Å². The van der Waals surface area contributed by atoms with Gasteiger partial charge in [0.1, 0.15) is 5.75 Å². The molecule has 1 fully saturated rings. The van der Waals surface area contributed by atoms with Gasteiger partial charge in [0.15, 0.2) is 0 Å². The van der Waals surface area contributed by atoms with E-state index in [-0.39, 0.29) is 24.3 Å². The summed E-state index contributed by atoms with van der Waals surface area (Å²) in [6.45, 7) is 4.01. The van der Waals surface area contributed by atoms with Crippen molar-refractivity contribution in [2.24, 2.45) is 0 Å². The maximum absolute atomic E-state index is 12.4. The van der Waals surface area contributed by atoms with Crippen LogP contribution in [0.25, 0.3) is 11.4 Å². The molecule has 2 aromatic carbocycles. The summed E-state index contributed by atoms with van der Waals surface area (Å²) in [6.07, 6.45) is 0. The Morgan fingerprint density at radius 1 is 1.08 bits per heavy atom. The molecule has 38 heavy (non-hydrogen) atoms. The molecule has 0 spiro atoms. The fourth-order valence-electron chi connectivity index (χ4n) is 3.56. The number of hydrogen-bond acceptors (Lipinski definition) is 9. The predicted octanol–water partition coefficient (Wildman–Crippen LogP) is 1.69. The fraction of sp³-hybridized carbons (Fsp3) is 0.280. The normalized spacial score (nSPS) is 12.9. The van der Waals surface area contributed by atoms with Gasteiger partial charge in [0, 0.05) is 31.3 Å². The number of carbonyl (C=O) groups is 4. The van der Waals surface area contributed by atoms with Gasteiger partial charge in [0.2, 0.25) is 17.6 Å². The molecule has 1 saturated heterocycles. The van der Waals surface area contributed by atoms with E-state index in [9.17, 15) is 9.59 Å². The van der Waals surface area contributed by atoms with E-state index in [1.54, 1.807) is 25.2 Å². The minimum atomic E-state index is -1.82. The third kappa shape index (κ3) is 7.36. The lowest BCUT2D eigenvalue weighted by Crippen LogP contribution is -2.48. The number of anilines is 1. The zero-order valence-electron chi connectivity index (χ0n) is 20.7. The number of aromatic nitrogens is 2. The predicted molar refractivity (Wildman–Crippen MR) is 134 cm³/mol. The Bertz CT molecular complexity index is 1290. The zero-order chi connectivity index (χ0) is 27.7. The lowest BCUT2D eigenvalue weighted by atomic mass is 10.0. The molecule has 13 nitrogen and oxygen atoms in total. The number of carbonyl (C=O) groups excluding carboxylic acids is 2. The van der Waals surface area contributed by atoms with Crippen LogP contribution in [0.1, 0.15) is 29.1 Å². The number of carboxylic acids is 2. The van der Waals surface area contributed by atoms with E-state index < -0.39 is 11.9 Å². The van der Waals surface area contributed by atoms with Crippen molar-refractivity contribution >= 4 is 29.4 Å². The van der Waals surface area contributed by atoms with Crippen molar-refractivity contribution in [3.8, 4) is 17.1 Å². The highest BCUT2D eigenvalue weighted by Crippen LogP contribution is 2.28. The monoisotopic (exact) mass is 525 g/mol. The number of benzene rings is 2. The number of nitrogens with one attached hydrogen (secondary N) is 2. The van der Waals surface area contributed by atoms with Gasteiger partial charge in [-0.15, -0.1) is 0 Å². The summed E-state index contributed by atoms with van der Waals surface area (Å²) < 4.78 is 11.0. The van der Waals surface area contributed by atoms with Crippen molar-refractivity contribution in [2.75, 3.05) is 38.6 Å². The molecule has 0 aliphatic carbocycles. The summed E-state index contributed by atoms with van der Waals surface area (Å²) in [6, 6.07) is 14.4. The van der Waals surface area contributed by atoms with Gasteiger partial charge in [-0.05, 0) is 31.2 Å². The lowest BCUT2D eigenvalue weighted by molar-refractivity contribution is -0.159. The minimum absolute atomic E-state index is 0.0712. The molecule has 1 aliphatic heterocycles. The maximum Gasteiger partial charge on any atom is 0.414 e. The number of rotatable bonds is 8. The molecule has 0 bridgehead atoms.